The summed E-state index contributed by atoms with van der Waals surface area (Å²) in [6, 6.07) is 13.0. The summed E-state index contributed by atoms with van der Waals surface area (Å²) in [5, 5.41) is 3.00. The number of aromatic nitrogens is 1. The van der Waals surface area contributed by atoms with Gasteiger partial charge in [-0.2, -0.15) is 0 Å². The topological polar surface area (TPSA) is 70.7 Å². The van der Waals surface area contributed by atoms with E-state index in [4.69, 9.17) is 4.42 Å². The third-order valence-electron chi connectivity index (χ3n) is 5.59. The van der Waals surface area contributed by atoms with Gasteiger partial charge in [0.25, 0.3) is 0 Å². The van der Waals surface area contributed by atoms with Crippen LogP contribution in [0.15, 0.2) is 59.3 Å². The van der Waals surface area contributed by atoms with Gasteiger partial charge in [0.2, 0.25) is 5.91 Å². The van der Waals surface area contributed by atoms with E-state index in [1.807, 2.05) is 81.9 Å². The number of hydrogen-bond acceptors (Lipinski definition) is 3. The number of nitrogens with one attached hydrogen (secondary N) is 1. The second kappa shape index (κ2) is 10.2. The minimum atomic E-state index is -0.289. The van der Waals surface area contributed by atoms with Crippen LogP contribution in [-0.4, -0.2) is 38.9 Å². The standard InChI is InChI=1S/C25H32N4O3/c1-18(2)29(25(31)26-24-19(3)9-6-10-20(24)4)17-23(30)28(16-22-12-8-14-32-22)15-21-11-7-13-27(21)5/h6-14,18H,15-17H2,1-5H3,(H,26,31). The molecular formula is C25H32N4O3. The van der Waals surface area contributed by atoms with E-state index in [1.54, 1.807) is 22.1 Å². The summed E-state index contributed by atoms with van der Waals surface area (Å²) in [4.78, 5) is 29.8. The van der Waals surface area contributed by atoms with E-state index in [9.17, 15) is 9.59 Å². The van der Waals surface area contributed by atoms with Crippen molar-refractivity contribution in [1.82, 2.24) is 14.4 Å². The van der Waals surface area contributed by atoms with Crippen molar-refractivity contribution < 1.29 is 14.0 Å². The van der Waals surface area contributed by atoms with Gasteiger partial charge in [-0.3, -0.25) is 4.79 Å². The van der Waals surface area contributed by atoms with Crippen molar-refractivity contribution in [3.05, 3.63) is 77.5 Å². The van der Waals surface area contributed by atoms with Crippen LogP contribution < -0.4 is 5.32 Å². The number of rotatable bonds is 8. The molecule has 170 valence electrons. The lowest BCUT2D eigenvalue weighted by Gasteiger charge is -2.30. The Kier molecular flexibility index (Phi) is 7.41. The second-order valence-electron chi connectivity index (χ2n) is 8.36. The summed E-state index contributed by atoms with van der Waals surface area (Å²) in [5.41, 5.74) is 3.75. The van der Waals surface area contributed by atoms with Crippen molar-refractivity contribution in [2.75, 3.05) is 11.9 Å². The van der Waals surface area contributed by atoms with E-state index in [0.717, 1.165) is 22.5 Å². The molecule has 0 bridgehead atoms. The van der Waals surface area contributed by atoms with Gasteiger partial charge in [-0.1, -0.05) is 18.2 Å². The van der Waals surface area contributed by atoms with Gasteiger partial charge in [-0.25, -0.2) is 4.79 Å². The molecule has 7 nitrogen and oxygen atoms in total. The maximum absolute atomic E-state index is 13.4. The average Bonchev–Trinajstić information content (AvgIpc) is 3.40. The average molecular weight is 437 g/mol. The molecule has 3 amide bonds. The SMILES string of the molecule is Cc1cccc(C)c1NC(=O)N(CC(=O)N(Cc1ccco1)Cc1cccn1C)C(C)C. The summed E-state index contributed by atoms with van der Waals surface area (Å²) in [5.74, 6) is 0.552. The van der Waals surface area contributed by atoms with Crippen LogP contribution in [0, 0.1) is 13.8 Å². The minimum absolute atomic E-state index is 0.0282. The van der Waals surface area contributed by atoms with Crippen molar-refractivity contribution in [3.8, 4) is 0 Å². The van der Waals surface area contributed by atoms with Crippen LogP contribution in [0.4, 0.5) is 10.5 Å². The molecule has 7 heteroatoms. The molecule has 2 heterocycles. The molecule has 32 heavy (non-hydrogen) atoms. The lowest BCUT2D eigenvalue weighted by Crippen LogP contribution is -2.47. The van der Waals surface area contributed by atoms with Crippen LogP contribution in [0.3, 0.4) is 0 Å². The predicted molar refractivity (Wildman–Crippen MR) is 125 cm³/mol. The number of carbonyl (C=O) groups excluding carboxylic acids is 2. The zero-order valence-corrected chi connectivity index (χ0v) is 19.5. The highest BCUT2D eigenvalue weighted by atomic mass is 16.3. The third-order valence-corrected chi connectivity index (χ3v) is 5.59. The molecule has 0 unspecified atom stereocenters. The molecule has 0 atom stereocenters. The number of urea groups is 1. The van der Waals surface area contributed by atoms with E-state index in [0.29, 0.717) is 18.8 Å². The number of hydrogen-bond donors (Lipinski definition) is 1. The molecule has 1 N–H and O–H groups in total. The van der Waals surface area contributed by atoms with E-state index in [1.165, 1.54) is 0 Å². The van der Waals surface area contributed by atoms with E-state index < -0.39 is 0 Å². The van der Waals surface area contributed by atoms with Gasteiger partial charge in [0.15, 0.2) is 0 Å². The first kappa shape index (κ1) is 23.2. The first-order valence-electron chi connectivity index (χ1n) is 10.8. The number of amides is 3. The van der Waals surface area contributed by atoms with Crippen molar-refractivity contribution >= 4 is 17.6 Å². The van der Waals surface area contributed by atoms with E-state index in [-0.39, 0.29) is 24.5 Å². The summed E-state index contributed by atoms with van der Waals surface area (Å²) >= 11 is 0. The summed E-state index contributed by atoms with van der Waals surface area (Å²) in [6.45, 7) is 8.46. The van der Waals surface area contributed by atoms with Crippen LogP contribution in [0.5, 0.6) is 0 Å². The molecule has 3 aromatic rings. The fraction of sp³-hybridized carbons (Fsp3) is 0.360. The molecule has 0 aliphatic heterocycles. The fourth-order valence-corrected chi connectivity index (χ4v) is 3.60. The van der Waals surface area contributed by atoms with Gasteiger partial charge in [0, 0.05) is 30.7 Å². The van der Waals surface area contributed by atoms with Gasteiger partial charge in [0.05, 0.1) is 19.4 Å². The maximum atomic E-state index is 13.4. The van der Waals surface area contributed by atoms with Crippen LogP contribution in [0.1, 0.15) is 36.4 Å². The number of para-hydroxylation sites is 1. The van der Waals surface area contributed by atoms with Gasteiger partial charge >= 0.3 is 6.03 Å². The number of furan rings is 1. The molecule has 3 rings (SSSR count). The number of benzene rings is 1. The second-order valence-corrected chi connectivity index (χ2v) is 8.36. The molecule has 0 fully saturated rings. The number of anilines is 1. The van der Waals surface area contributed by atoms with Gasteiger partial charge in [0.1, 0.15) is 12.3 Å². The Labute approximate surface area is 189 Å². The zero-order valence-electron chi connectivity index (χ0n) is 19.5. The van der Waals surface area contributed by atoms with E-state index >= 15 is 0 Å². The summed E-state index contributed by atoms with van der Waals surface area (Å²) in [6.07, 6.45) is 3.54. The first-order valence-corrected chi connectivity index (χ1v) is 10.8. The summed E-state index contributed by atoms with van der Waals surface area (Å²) in [7, 11) is 1.95. The molecule has 0 aliphatic rings. The van der Waals surface area contributed by atoms with Gasteiger partial charge in [-0.05, 0) is 63.1 Å². The highest BCUT2D eigenvalue weighted by molar-refractivity contribution is 5.93. The Bertz CT molecular complexity index is 1030. The monoisotopic (exact) mass is 436 g/mol. The molecule has 0 spiro atoms. The zero-order chi connectivity index (χ0) is 23.3. The van der Waals surface area contributed by atoms with Crippen molar-refractivity contribution in [3.63, 3.8) is 0 Å². The van der Waals surface area contributed by atoms with Crippen LogP contribution in [0.25, 0.3) is 0 Å². The number of nitrogens with zero attached hydrogens (tertiary/aromatic N) is 3. The lowest BCUT2D eigenvalue weighted by molar-refractivity contribution is -0.133. The fourth-order valence-electron chi connectivity index (χ4n) is 3.60. The lowest BCUT2D eigenvalue weighted by atomic mass is 10.1. The highest BCUT2D eigenvalue weighted by Gasteiger charge is 2.25. The summed E-state index contributed by atoms with van der Waals surface area (Å²) < 4.78 is 7.46. The van der Waals surface area contributed by atoms with Crippen LogP contribution in [-0.2, 0) is 24.9 Å². The van der Waals surface area contributed by atoms with Crippen molar-refractivity contribution in [2.24, 2.45) is 7.05 Å². The largest absolute Gasteiger partial charge is 0.467 e. The third kappa shape index (κ3) is 5.60. The Hall–Kier alpha value is -3.48. The maximum Gasteiger partial charge on any atom is 0.322 e. The van der Waals surface area contributed by atoms with Crippen LogP contribution in [0.2, 0.25) is 0 Å². The van der Waals surface area contributed by atoms with E-state index in [2.05, 4.69) is 5.32 Å². The molecule has 0 radical (unpaired) electrons. The van der Waals surface area contributed by atoms with Crippen molar-refractivity contribution in [2.45, 2.75) is 46.8 Å². The molecule has 0 aliphatic carbocycles. The van der Waals surface area contributed by atoms with Crippen molar-refractivity contribution in [1.29, 1.82) is 0 Å². The molecule has 0 saturated heterocycles. The minimum Gasteiger partial charge on any atom is -0.467 e. The Morgan fingerprint density at radius 3 is 2.31 bits per heavy atom. The smallest absolute Gasteiger partial charge is 0.322 e. The van der Waals surface area contributed by atoms with Gasteiger partial charge < -0.3 is 24.1 Å². The Balaban J connectivity index is 1.77. The number of aryl methyl sites for hydroxylation is 3. The highest BCUT2D eigenvalue weighted by Crippen LogP contribution is 2.20. The predicted octanol–water partition coefficient (Wildman–Crippen LogP) is 4.71. The normalized spacial score (nSPS) is 10.9. The Morgan fingerprint density at radius 2 is 1.75 bits per heavy atom. The molecule has 1 aromatic carbocycles. The molecule has 2 aromatic heterocycles. The van der Waals surface area contributed by atoms with Crippen LogP contribution >= 0.6 is 0 Å². The first-order chi connectivity index (χ1) is 15.3. The molecule has 0 saturated carbocycles. The Morgan fingerprint density at radius 1 is 1.03 bits per heavy atom. The van der Waals surface area contributed by atoms with Gasteiger partial charge in [-0.15, -0.1) is 0 Å². The quantitative estimate of drug-likeness (QED) is 0.556. The molecular weight excluding hydrogens is 404 g/mol. The number of carbonyl (C=O) groups is 2.